The van der Waals surface area contributed by atoms with Gasteiger partial charge in [0.2, 0.25) is 0 Å². The van der Waals surface area contributed by atoms with Crippen LogP contribution in [0.4, 0.5) is 0 Å². The van der Waals surface area contributed by atoms with E-state index in [0.717, 1.165) is 0 Å². The third-order valence-corrected chi connectivity index (χ3v) is 1.79. The second-order valence-corrected chi connectivity index (χ2v) is 3.43. The van der Waals surface area contributed by atoms with Crippen molar-refractivity contribution < 1.29 is 19.8 Å². The topological polar surface area (TPSA) is 74.6 Å². The summed E-state index contributed by atoms with van der Waals surface area (Å²) in [6, 6.07) is 0. The fraction of sp³-hybridized carbons (Fsp3) is 0.667. The number of unbranched alkanes of at least 4 members (excludes halogenated alkanes) is 3. The molecule has 2 N–H and O–H groups in total. The van der Waals surface area contributed by atoms with E-state index in [0.29, 0.717) is 12.8 Å². The van der Waals surface area contributed by atoms with Gasteiger partial charge in [0, 0.05) is 12.8 Å². The summed E-state index contributed by atoms with van der Waals surface area (Å²) in [5.41, 5.74) is 0. The van der Waals surface area contributed by atoms with Gasteiger partial charge in [-0.1, -0.05) is 25.8 Å². The minimum absolute atomic E-state index is 0.0628. The van der Waals surface area contributed by atoms with Crippen molar-refractivity contribution >= 4 is 11.9 Å². The molecule has 0 aliphatic heterocycles. The van der Waals surface area contributed by atoms with E-state index < -0.39 is 11.9 Å². The summed E-state index contributed by atoms with van der Waals surface area (Å²) in [6.45, 7) is 5.78. The molecule has 0 rings (SSSR count). The van der Waals surface area contributed by atoms with Gasteiger partial charge in [-0.3, -0.25) is 9.59 Å². The zero-order chi connectivity index (χ0) is 12.8. The zero-order valence-corrected chi connectivity index (χ0v) is 9.95. The summed E-state index contributed by atoms with van der Waals surface area (Å²) in [7, 11) is 0. The van der Waals surface area contributed by atoms with Gasteiger partial charge in [-0.05, 0) is 19.3 Å². The summed E-state index contributed by atoms with van der Waals surface area (Å²) in [5, 5.41) is 16.3. The number of carbonyl (C=O) groups is 2. The number of carboxylic acid groups (broad SMARTS) is 2. The van der Waals surface area contributed by atoms with Crippen LogP contribution in [0.2, 0.25) is 0 Å². The third kappa shape index (κ3) is 23.0. The number of carboxylic acids is 2. The van der Waals surface area contributed by atoms with Crippen LogP contribution in [0.25, 0.3) is 0 Å². The van der Waals surface area contributed by atoms with Gasteiger partial charge in [0.1, 0.15) is 0 Å². The standard InChI is InChI=1S/C6H10O4.C6H12/c7-5(8)3-1-2-4-6(9)10;1-3-5-6-4-2/h1-4H2,(H,7,8)(H,9,10);3H,1,4-6H2,2H3. The smallest absolute Gasteiger partial charge is 0.303 e. The van der Waals surface area contributed by atoms with Gasteiger partial charge in [-0.15, -0.1) is 6.58 Å². The molecule has 0 aromatic carbocycles. The SMILES string of the molecule is C=CCCCC.O=C(O)CCCCC(=O)O. The van der Waals surface area contributed by atoms with E-state index in [-0.39, 0.29) is 12.8 Å². The lowest BCUT2D eigenvalue weighted by Crippen LogP contribution is -1.97. The second kappa shape index (κ2) is 13.7. The first kappa shape index (κ1) is 17.1. The lowest BCUT2D eigenvalue weighted by Gasteiger charge is -1.92. The Bertz CT molecular complexity index is 183. The molecule has 0 aliphatic carbocycles. The van der Waals surface area contributed by atoms with Crippen LogP contribution in [0.1, 0.15) is 51.9 Å². The monoisotopic (exact) mass is 230 g/mol. The predicted octanol–water partition coefficient (Wildman–Crippen LogP) is 3.08. The first-order valence-corrected chi connectivity index (χ1v) is 5.59. The Morgan fingerprint density at radius 3 is 1.69 bits per heavy atom. The van der Waals surface area contributed by atoms with Crippen molar-refractivity contribution in [2.45, 2.75) is 51.9 Å². The Hall–Kier alpha value is -1.32. The predicted molar refractivity (Wildman–Crippen MR) is 63.5 cm³/mol. The molecule has 0 aliphatic rings. The van der Waals surface area contributed by atoms with Crippen LogP contribution in [0.5, 0.6) is 0 Å². The van der Waals surface area contributed by atoms with Crippen LogP contribution in [0, 0.1) is 0 Å². The first-order chi connectivity index (χ1) is 7.54. The Kier molecular flexibility index (Phi) is 14.6. The fourth-order valence-corrected chi connectivity index (χ4v) is 0.901. The molecule has 0 unspecified atom stereocenters. The highest BCUT2D eigenvalue weighted by molar-refractivity contribution is 5.67. The number of hydrogen-bond donors (Lipinski definition) is 2. The minimum Gasteiger partial charge on any atom is -0.481 e. The van der Waals surface area contributed by atoms with Gasteiger partial charge in [-0.2, -0.15) is 0 Å². The van der Waals surface area contributed by atoms with E-state index in [2.05, 4.69) is 13.5 Å². The fourth-order valence-electron chi connectivity index (χ4n) is 0.901. The number of rotatable bonds is 8. The number of aliphatic carboxylic acids is 2. The van der Waals surface area contributed by atoms with Crippen molar-refractivity contribution in [3.63, 3.8) is 0 Å². The summed E-state index contributed by atoms with van der Waals surface area (Å²) in [4.78, 5) is 19.8. The van der Waals surface area contributed by atoms with E-state index >= 15 is 0 Å². The van der Waals surface area contributed by atoms with E-state index in [1.807, 2.05) is 6.08 Å². The molecule has 0 saturated carbocycles. The summed E-state index contributed by atoms with van der Waals surface area (Å²) in [5.74, 6) is -1.74. The highest BCUT2D eigenvalue weighted by Crippen LogP contribution is 1.98. The Morgan fingerprint density at radius 2 is 1.50 bits per heavy atom. The molecule has 0 fully saturated rings. The summed E-state index contributed by atoms with van der Waals surface area (Å²) >= 11 is 0. The molecular weight excluding hydrogens is 208 g/mol. The summed E-state index contributed by atoms with van der Waals surface area (Å²) < 4.78 is 0. The van der Waals surface area contributed by atoms with E-state index in [1.165, 1.54) is 19.3 Å². The van der Waals surface area contributed by atoms with Crippen molar-refractivity contribution in [1.29, 1.82) is 0 Å². The van der Waals surface area contributed by atoms with Crippen molar-refractivity contribution in [2.75, 3.05) is 0 Å². The first-order valence-electron chi connectivity index (χ1n) is 5.59. The molecule has 94 valence electrons. The van der Waals surface area contributed by atoms with Gasteiger partial charge in [0.05, 0.1) is 0 Å². The van der Waals surface area contributed by atoms with Crippen molar-refractivity contribution in [1.82, 2.24) is 0 Å². The van der Waals surface area contributed by atoms with Crippen LogP contribution >= 0.6 is 0 Å². The second-order valence-electron chi connectivity index (χ2n) is 3.43. The van der Waals surface area contributed by atoms with Gasteiger partial charge in [0.15, 0.2) is 0 Å². The highest BCUT2D eigenvalue weighted by atomic mass is 16.4. The van der Waals surface area contributed by atoms with Gasteiger partial charge in [-0.25, -0.2) is 0 Å². The lowest BCUT2D eigenvalue weighted by atomic mass is 10.2. The molecule has 0 radical (unpaired) electrons. The molecule has 0 spiro atoms. The van der Waals surface area contributed by atoms with E-state index in [1.54, 1.807) is 0 Å². The highest BCUT2D eigenvalue weighted by Gasteiger charge is 1.99. The quantitative estimate of drug-likeness (QED) is 0.496. The maximum atomic E-state index is 9.90. The van der Waals surface area contributed by atoms with E-state index in [4.69, 9.17) is 10.2 Å². The molecule has 0 atom stereocenters. The van der Waals surface area contributed by atoms with Crippen LogP contribution < -0.4 is 0 Å². The van der Waals surface area contributed by atoms with Crippen LogP contribution in [-0.4, -0.2) is 22.2 Å². The van der Waals surface area contributed by atoms with Gasteiger partial charge in [0.25, 0.3) is 0 Å². The molecule has 0 amide bonds. The molecule has 0 heterocycles. The van der Waals surface area contributed by atoms with Crippen molar-refractivity contribution in [2.24, 2.45) is 0 Å². The average molecular weight is 230 g/mol. The van der Waals surface area contributed by atoms with Crippen LogP contribution in [0.3, 0.4) is 0 Å². The molecule has 16 heavy (non-hydrogen) atoms. The Balaban J connectivity index is 0. The largest absolute Gasteiger partial charge is 0.481 e. The summed E-state index contributed by atoms with van der Waals surface area (Å²) in [6.07, 6.45) is 6.74. The van der Waals surface area contributed by atoms with Crippen molar-refractivity contribution in [3.8, 4) is 0 Å². The molecular formula is C12H22O4. The Morgan fingerprint density at radius 1 is 1.06 bits per heavy atom. The normalized spacial score (nSPS) is 8.81. The average Bonchev–Trinajstić information content (AvgIpc) is 2.22. The number of allylic oxidation sites excluding steroid dienone is 1. The van der Waals surface area contributed by atoms with Crippen molar-refractivity contribution in [3.05, 3.63) is 12.7 Å². The molecule has 4 nitrogen and oxygen atoms in total. The molecule has 0 bridgehead atoms. The lowest BCUT2D eigenvalue weighted by molar-refractivity contribution is -0.139. The van der Waals surface area contributed by atoms with Crippen LogP contribution in [0.15, 0.2) is 12.7 Å². The number of hydrogen-bond acceptors (Lipinski definition) is 2. The van der Waals surface area contributed by atoms with Gasteiger partial charge >= 0.3 is 11.9 Å². The van der Waals surface area contributed by atoms with Crippen LogP contribution in [-0.2, 0) is 9.59 Å². The van der Waals surface area contributed by atoms with Gasteiger partial charge < -0.3 is 10.2 Å². The molecule has 4 heteroatoms. The molecule has 0 aromatic rings. The minimum atomic E-state index is -0.870. The van der Waals surface area contributed by atoms with E-state index in [9.17, 15) is 9.59 Å². The molecule has 0 aromatic heterocycles. The maximum Gasteiger partial charge on any atom is 0.303 e. The Labute approximate surface area is 97.0 Å². The third-order valence-electron chi connectivity index (χ3n) is 1.79. The molecule has 0 saturated heterocycles. The zero-order valence-electron chi connectivity index (χ0n) is 9.95. The maximum absolute atomic E-state index is 9.90.